The molecule has 0 unspecified atom stereocenters. The van der Waals surface area contributed by atoms with E-state index in [0.717, 1.165) is 12.3 Å². The Balaban J connectivity index is 1.61. The van der Waals surface area contributed by atoms with Crippen molar-refractivity contribution >= 4 is 22.3 Å². The standard InChI is InChI=1S/C15H10F3N3O4S/c16-15(17,18)8-25-11-2-1-9(6-19-11)13(23)24-7-10-5-12(22)21-3-4-26-14(21)20-10/h1-6H,7-8H2. The molecule has 0 saturated heterocycles. The van der Waals surface area contributed by atoms with Gasteiger partial charge in [-0.3, -0.25) is 9.20 Å². The molecule has 0 aliphatic carbocycles. The number of esters is 1. The lowest BCUT2D eigenvalue weighted by Crippen LogP contribution is -2.19. The maximum Gasteiger partial charge on any atom is 0.422 e. The van der Waals surface area contributed by atoms with Crippen molar-refractivity contribution in [3.05, 3.63) is 57.6 Å². The number of halogens is 3. The van der Waals surface area contributed by atoms with E-state index in [9.17, 15) is 22.8 Å². The lowest BCUT2D eigenvalue weighted by molar-refractivity contribution is -0.154. The van der Waals surface area contributed by atoms with Crippen LogP contribution in [0.4, 0.5) is 13.2 Å². The molecule has 3 aromatic heterocycles. The van der Waals surface area contributed by atoms with Gasteiger partial charge in [-0.25, -0.2) is 14.8 Å². The molecule has 0 aromatic carbocycles. The minimum Gasteiger partial charge on any atom is -0.468 e. The van der Waals surface area contributed by atoms with E-state index < -0.39 is 18.8 Å². The van der Waals surface area contributed by atoms with Crippen molar-refractivity contribution in [2.75, 3.05) is 6.61 Å². The molecular weight excluding hydrogens is 375 g/mol. The van der Waals surface area contributed by atoms with Crippen LogP contribution in [0.2, 0.25) is 0 Å². The summed E-state index contributed by atoms with van der Waals surface area (Å²) >= 11 is 1.26. The van der Waals surface area contributed by atoms with Crippen LogP contribution in [0.1, 0.15) is 16.1 Å². The van der Waals surface area contributed by atoms with Gasteiger partial charge in [0.2, 0.25) is 5.88 Å². The fourth-order valence-electron chi connectivity index (χ4n) is 1.93. The first kappa shape index (κ1) is 17.9. The van der Waals surface area contributed by atoms with Crippen molar-refractivity contribution in [2.45, 2.75) is 12.8 Å². The third-order valence-corrected chi connectivity index (χ3v) is 3.82. The number of carbonyl (C=O) groups is 1. The van der Waals surface area contributed by atoms with Crippen molar-refractivity contribution in [3.63, 3.8) is 0 Å². The predicted molar refractivity (Wildman–Crippen MR) is 84.2 cm³/mol. The zero-order valence-electron chi connectivity index (χ0n) is 12.9. The molecule has 11 heteroatoms. The number of ether oxygens (including phenoxy) is 2. The topological polar surface area (TPSA) is 82.8 Å². The van der Waals surface area contributed by atoms with Crippen LogP contribution in [0, 0.1) is 0 Å². The molecule has 0 atom stereocenters. The molecule has 0 aliphatic heterocycles. The first-order valence-corrected chi connectivity index (χ1v) is 7.98. The zero-order valence-corrected chi connectivity index (χ0v) is 13.7. The largest absolute Gasteiger partial charge is 0.468 e. The van der Waals surface area contributed by atoms with E-state index in [1.165, 1.54) is 27.9 Å². The van der Waals surface area contributed by atoms with Gasteiger partial charge in [0.25, 0.3) is 5.56 Å². The van der Waals surface area contributed by atoms with Crippen LogP contribution < -0.4 is 10.3 Å². The molecule has 0 radical (unpaired) electrons. The summed E-state index contributed by atoms with van der Waals surface area (Å²) in [4.78, 5) is 32.1. The molecule has 0 spiro atoms. The second kappa shape index (κ2) is 7.12. The van der Waals surface area contributed by atoms with Crippen molar-refractivity contribution in [1.29, 1.82) is 0 Å². The molecule has 26 heavy (non-hydrogen) atoms. The Morgan fingerprint density at radius 2 is 2.12 bits per heavy atom. The van der Waals surface area contributed by atoms with E-state index >= 15 is 0 Å². The molecule has 3 rings (SSSR count). The lowest BCUT2D eigenvalue weighted by atomic mass is 10.3. The van der Waals surface area contributed by atoms with E-state index in [0.29, 0.717) is 4.96 Å². The highest BCUT2D eigenvalue weighted by Gasteiger charge is 2.28. The highest BCUT2D eigenvalue weighted by molar-refractivity contribution is 7.15. The summed E-state index contributed by atoms with van der Waals surface area (Å²) in [7, 11) is 0. The summed E-state index contributed by atoms with van der Waals surface area (Å²) in [6, 6.07) is 3.61. The summed E-state index contributed by atoms with van der Waals surface area (Å²) in [6.45, 7) is -1.70. The molecule has 0 aliphatic rings. The normalized spacial score (nSPS) is 11.5. The molecular formula is C15H10F3N3O4S. The van der Waals surface area contributed by atoms with Crippen LogP contribution >= 0.6 is 11.3 Å². The third-order valence-electron chi connectivity index (χ3n) is 3.06. The Morgan fingerprint density at radius 1 is 1.31 bits per heavy atom. The number of carbonyl (C=O) groups excluding carboxylic acids is 1. The molecule has 7 nitrogen and oxygen atoms in total. The minimum absolute atomic E-state index is 0.0262. The van der Waals surface area contributed by atoms with Crippen molar-refractivity contribution in [3.8, 4) is 5.88 Å². The molecule has 3 heterocycles. The van der Waals surface area contributed by atoms with E-state index in [4.69, 9.17) is 4.74 Å². The molecule has 136 valence electrons. The Labute approximate surface area is 147 Å². The molecule has 0 saturated carbocycles. The Hall–Kier alpha value is -2.95. The summed E-state index contributed by atoms with van der Waals surface area (Å²) < 4.78 is 47.0. The van der Waals surface area contributed by atoms with Crippen LogP contribution in [0.15, 0.2) is 40.8 Å². The van der Waals surface area contributed by atoms with Gasteiger partial charge in [-0.2, -0.15) is 13.2 Å². The highest BCUT2D eigenvalue weighted by atomic mass is 32.1. The average Bonchev–Trinajstić information content (AvgIpc) is 3.07. The van der Waals surface area contributed by atoms with Crippen molar-refractivity contribution in [1.82, 2.24) is 14.4 Å². The molecule has 3 aromatic rings. The minimum atomic E-state index is -4.48. The van der Waals surface area contributed by atoms with Crippen LogP contribution in [-0.4, -0.2) is 33.1 Å². The van der Waals surface area contributed by atoms with Gasteiger partial charge >= 0.3 is 12.1 Å². The summed E-state index contributed by atoms with van der Waals surface area (Å²) in [6.07, 6.45) is -1.85. The van der Waals surface area contributed by atoms with E-state index in [1.807, 2.05) is 0 Å². The lowest BCUT2D eigenvalue weighted by Gasteiger charge is -2.08. The van der Waals surface area contributed by atoms with Crippen molar-refractivity contribution in [2.24, 2.45) is 0 Å². The molecule has 0 amide bonds. The van der Waals surface area contributed by atoms with Crippen LogP contribution in [0.25, 0.3) is 4.96 Å². The SMILES string of the molecule is O=C(OCc1cc(=O)n2ccsc2n1)c1ccc(OCC(F)(F)F)nc1. The number of pyridine rings is 1. The van der Waals surface area contributed by atoms with Gasteiger partial charge in [-0.1, -0.05) is 0 Å². The van der Waals surface area contributed by atoms with E-state index in [2.05, 4.69) is 14.7 Å². The Morgan fingerprint density at radius 3 is 2.81 bits per heavy atom. The number of hydrogen-bond donors (Lipinski definition) is 0. The number of alkyl halides is 3. The monoisotopic (exact) mass is 385 g/mol. The fraction of sp³-hybridized carbons (Fsp3) is 0.200. The van der Waals surface area contributed by atoms with Crippen LogP contribution in [0.3, 0.4) is 0 Å². The second-order valence-corrected chi connectivity index (χ2v) is 5.88. The van der Waals surface area contributed by atoms with Crippen LogP contribution in [-0.2, 0) is 11.3 Å². The number of nitrogens with zero attached hydrogens (tertiary/aromatic N) is 3. The number of fused-ring (bicyclic) bond motifs is 1. The van der Waals surface area contributed by atoms with Gasteiger partial charge < -0.3 is 9.47 Å². The van der Waals surface area contributed by atoms with Crippen molar-refractivity contribution < 1.29 is 27.4 Å². The molecule has 0 bridgehead atoms. The maximum atomic E-state index is 12.1. The number of rotatable bonds is 5. The van der Waals surface area contributed by atoms with Gasteiger partial charge in [-0.05, 0) is 6.07 Å². The Kier molecular flexibility index (Phi) is 4.89. The summed E-state index contributed by atoms with van der Waals surface area (Å²) in [5.74, 6) is -1.02. The number of hydrogen-bond acceptors (Lipinski definition) is 7. The number of thiazole rings is 1. The summed E-state index contributed by atoms with van der Waals surface area (Å²) in [5, 5.41) is 1.70. The Bertz CT molecular complexity index is 982. The smallest absolute Gasteiger partial charge is 0.422 e. The zero-order chi connectivity index (χ0) is 18.7. The molecule has 0 N–H and O–H groups in total. The number of aromatic nitrogens is 3. The fourth-order valence-corrected chi connectivity index (χ4v) is 2.67. The quantitative estimate of drug-likeness (QED) is 0.628. The van der Waals surface area contributed by atoms with Gasteiger partial charge in [0.05, 0.1) is 11.3 Å². The predicted octanol–water partition coefficient (Wildman–Crippen LogP) is 2.45. The average molecular weight is 385 g/mol. The van der Waals surface area contributed by atoms with Gasteiger partial charge in [-0.15, -0.1) is 11.3 Å². The van der Waals surface area contributed by atoms with E-state index in [-0.39, 0.29) is 29.3 Å². The van der Waals surface area contributed by atoms with Crippen LogP contribution in [0.5, 0.6) is 5.88 Å². The molecule has 0 fully saturated rings. The first-order chi connectivity index (χ1) is 12.3. The van der Waals surface area contributed by atoms with Gasteiger partial charge in [0, 0.05) is 29.9 Å². The van der Waals surface area contributed by atoms with Gasteiger partial charge in [0.15, 0.2) is 11.6 Å². The summed E-state index contributed by atoms with van der Waals surface area (Å²) in [5.41, 5.74) is 0.0114. The van der Waals surface area contributed by atoms with E-state index in [1.54, 1.807) is 11.6 Å². The second-order valence-electron chi connectivity index (χ2n) is 5.01. The first-order valence-electron chi connectivity index (χ1n) is 7.10. The highest BCUT2D eigenvalue weighted by Crippen LogP contribution is 2.17. The maximum absolute atomic E-state index is 12.1. The third kappa shape index (κ3) is 4.36. The van der Waals surface area contributed by atoms with Gasteiger partial charge in [0.1, 0.15) is 6.61 Å².